The lowest BCUT2D eigenvalue weighted by atomic mass is 9.98. The minimum absolute atomic E-state index is 0.328. The summed E-state index contributed by atoms with van der Waals surface area (Å²) >= 11 is 5.98. The van der Waals surface area contributed by atoms with Gasteiger partial charge < -0.3 is 8.83 Å². The molecule has 0 radical (unpaired) electrons. The van der Waals surface area contributed by atoms with E-state index in [1.165, 1.54) is 0 Å². The smallest absolute Gasteiger partial charge is 0.336 e. The fraction of sp³-hybridized carbons (Fsp3) is 0.150. The van der Waals surface area contributed by atoms with Crippen molar-refractivity contribution in [2.24, 2.45) is 0 Å². The summed E-state index contributed by atoms with van der Waals surface area (Å²) in [5.74, 6) is 0. The minimum Gasteiger partial charge on any atom is -0.463 e. The highest BCUT2D eigenvalue weighted by atomic mass is 35.5. The Hall–Kier alpha value is -2.52. The topological polar surface area (TPSA) is 43.4 Å². The first-order valence-corrected chi connectivity index (χ1v) is 8.19. The predicted octanol–water partition coefficient (Wildman–Crippen LogP) is 5.73. The van der Waals surface area contributed by atoms with Gasteiger partial charge in [0.2, 0.25) is 0 Å². The molecule has 0 spiro atoms. The van der Waals surface area contributed by atoms with Gasteiger partial charge in [-0.05, 0) is 42.7 Å². The number of benzene rings is 2. The van der Waals surface area contributed by atoms with Crippen molar-refractivity contribution in [1.82, 2.24) is 0 Å². The van der Waals surface area contributed by atoms with Crippen LogP contribution in [-0.2, 0) is 6.42 Å². The van der Waals surface area contributed by atoms with Gasteiger partial charge in [-0.25, -0.2) is 4.79 Å². The van der Waals surface area contributed by atoms with E-state index in [2.05, 4.69) is 0 Å². The van der Waals surface area contributed by atoms with Crippen LogP contribution < -0.4 is 5.63 Å². The Labute approximate surface area is 143 Å². The molecule has 24 heavy (non-hydrogen) atoms. The van der Waals surface area contributed by atoms with E-state index in [4.69, 9.17) is 20.4 Å². The fourth-order valence-corrected chi connectivity index (χ4v) is 3.31. The maximum atomic E-state index is 11.8. The summed E-state index contributed by atoms with van der Waals surface area (Å²) < 4.78 is 11.2. The third-order valence-electron chi connectivity index (χ3n) is 4.42. The van der Waals surface area contributed by atoms with Crippen molar-refractivity contribution >= 4 is 33.5 Å². The van der Waals surface area contributed by atoms with E-state index in [0.29, 0.717) is 10.6 Å². The molecule has 4 aromatic rings. The van der Waals surface area contributed by atoms with Crippen LogP contribution in [0.3, 0.4) is 0 Å². The molecule has 0 aliphatic carbocycles. The molecule has 2 aromatic heterocycles. The van der Waals surface area contributed by atoms with Crippen molar-refractivity contribution in [2.75, 3.05) is 0 Å². The number of furan rings is 1. The minimum atomic E-state index is -0.328. The van der Waals surface area contributed by atoms with Crippen LogP contribution in [0, 0.1) is 6.92 Å². The lowest BCUT2D eigenvalue weighted by molar-refractivity contribution is 0.554. The van der Waals surface area contributed by atoms with Gasteiger partial charge in [0.1, 0.15) is 11.2 Å². The predicted molar refractivity (Wildman–Crippen MR) is 96.8 cm³/mol. The Balaban J connectivity index is 2.09. The van der Waals surface area contributed by atoms with Crippen molar-refractivity contribution in [3.63, 3.8) is 0 Å². The van der Waals surface area contributed by atoms with Gasteiger partial charge in [-0.15, -0.1) is 0 Å². The summed E-state index contributed by atoms with van der Waals surface area (Å²) in [6.45, 7) is 3.95. The Morgan fingerprint density at radius 3 is 2.50 bits per heavy atom. The SMILES string of the molecule is CCc1cc(=O)oc2c(C)c3occ(-c4ccc(Cl)cc4)c3cc12. The highest BCUT2D eigenvalue weighted by Crippen LogP contribution is 2.37. The number of rotatable bonds is 2. The Bertz CT molecular complexity index is 1120. The van der Waals surface area contributed by atoms with E-state index in [1.807, 2.05) is 44.2 Å². The lowest BCUT2D eigenvalue weighted by Gasteiger charge is -2.07. The highest BCUT2D eigenvalue weighted by Gasteiger charge is 2.16. The summed E-state index contributed by atoms with van der Waals surface area (Å²) in [5.41, 5.74) is 4.87. The standard InChI is InChI=1S/C20H15ClO3/c1-3-12-8-18(22)24-20-11(2)19-16(9-15(12)20)17(10-23-19)13-4-6-14(21)7-5-13/h4-10H,3H2,1-2H3. The molecule has 4 rings (SSSR count). The Morgan fingerprint density at radius 2 is 1.79 bits per heavy atom. The number of hydrogen-bond donors (Lipinski definition) is 0. The first-order chi connectivity index (χ1) is 11.6. The third-order valence-corrected chi connectivity index (χ3v) is 4.67. The molecule has 0 bridgehead atoms. The van der Waals surface area contributed by atoms with Gasteiger partial charge in [0.25, 0.3) is 0 Å². The van der Waals surface area contributed by atoms with Gasteiger partial charge in [-0.1, -0.05) is 30.7 Å². The molecule has 2 aromatic carbocycles. The quantitative estimate of drug-likeness (QED) is 0.438. The second-order valence-corrected chi connectivity index (χ2v) is 6.29. The molecule has 0 fully saturated rings. The highest BCUT2D eigenvalue weighted by molar-refractivity contribution is 6.30. The number of fused-ring (bicyclic) bond motifs is 2. The van der Waals surface area contributed by atoms with Crippen LogP contribution in [0.15, 0.2) is 56.3 Å². The first-order valence-electron chi connectivity index (χ1n) is 7.82. The molecule has 0 unspecified atom stereocenters. The van der Waals surface area contributed by atoms with E-state index in [9.17, 15) is 4.79 Å². The summed E-state index contributed by atoms with van der Waals surface area (Å²) in [4.78, 5) is 11.8. The molecule has 3 nitrogen and oxygen atoms in total. The zero-order valence-electron chi connectivity index (χ0n) is 13.4. The van der Waals surface area contributed by atoms with Gasteiger partial charge in [0.05, 0.1) is 6.26 Å². The average molecular weight is 339 g/mol. The van der Waals surface area contributed by atoms with Crippen LogP contribution in [0.2, 0.25) is 5.02 Å². The number of aryl methyl sites for hydroxylation is 2. The Kier molecular flexibility index (Phi) is 3.47. The van der Waals surface area contributed by atoms with Crippen molar-refractivity contribution in [1.29, 1.82) is 0 Å². The van der Waals surface area contributed by atoms with Crippen molar-refractivity contribution < 1.29 is 8.83 Å². The molecule has 0 aliphatic heterocycles. The fourth-order valence-electron chi connectivity index (χ4n) is 3.18. The van der Waals surface area contributed by atoms with Crippen molar-refractivity contribution in [3.8, 4) is 11.1 Å². The summed E-state index contributed by atoms with van der Waals surface area (Å²) in [6.07, 6.45) is 2.50. The Morgan fingerprint density at radius 1 is 1.04 bits per heavy atom. The van der Waals surface area contributed by atoms with E-state index in [-0.39, 0.29) is 5.63 Å². The maximum Gasteiger partial charge on any atom is 0.336 e. The van der Waals surface area contributed by atoms with Crippen LogP contribution in [0.25, 0.3) is 33.1 Å². The largest absolute Gasteiger partial charge is 0.463 e. The molecule has 0 atom stereocenters. The summed E-state index contributed by atoms with van der Waals surface area (Å²) in [7, 11) is 0. The van der Waals surface area contributed by atoms with Gasteiger partial charge in [0, 0.05) is 33.0 Å². The van der Waals surface area contributed by atoms with Crippen molar-refractivity contribution in [3.05, 3.63) is 69.2 Å². The van der Waals surface area contributed by atoms with E-state index >= 15 is 0 Å². The van der Waals surface area contributed by atoms with E-state index in [1.54, 1.807) is 12.3 Å². The van der Waals surface area contributed by atoms with Crippen LogP contribution in [0.4, 0.5) is 0 Å². The zero-order chi connectivity index (χ0) is 16.8. The maximum absolute atomic E-state index is 11.8. The van der Waals surface area contributed by atoms with E-state index < -0.39 is 0 Å². The summed E-state index contributed by atoms with van der Waals surface area (Å²) in [6, 6.07) is 11.3. The second kappa shape index (κ2) is 5.53. The molecule has 120 valence electrons. The van der Waals surface area contributed by atoms with Gasteiger partial charge in [-0.2, -0.15) is 0 Å². The molecular formula is C20H15ClO3. The average Bonchev–Trinajstić information content (AvgIpc) is 3.00. The second-order valence-electron chi connectivity index (χ2n) is 5.86. The van der Waals surface area contributed by atoms with Crippen LogP contribution in [-0.4, -0.2) is 0 Å². The van der Waals surface area contributed by atoms with Gasteiger partial charge in [0.15, 0.2) is 0 Å². The molecule has 0 N–H and O–H groups in total. The van der Waals surface area contributed by atoms with Crippen LogP contribution in [0.5, 0.6) is 0 Å². The van der Waals surface area contributed by atoms with Gasteiger partial charge in [-0.3, -0.25) is 0 Å². The molecule has 0 saturated carbocycles. The van der Waals surface area contributed by atoms with Crippen LogP contribution in [0.1, 0.15) is 18.1 Å². The molecule has 0 amide bonds. The first kappa shape index (κ1) is 15.0. The summed E-state index contributed by atoms with van der Waals surface area (Å²) in [5, 5.41) is 2.66. The molecule has 4 heteroatoms. The van der Waals surface area contributed by atoms with Crippen molar-refractivity contribution in [2.45, 2.75) is 20.3 Å². The van der Waals surface area contributed by atoms with E-state index in [0.717, 1.165) is 45.0 Å². The number of halogens is 1. The molecule has 0 aliphatic rings. The third kappa shape index (κ3) is 2.24. The lowest BCUT2D eigenvalue weighted by Crippen LogP contribution is -2.01. The van der Waals surface area contributed by atoms with Gasteiger partial charge >= 0.3 is 5.63 Å². The monoisotopic (exact) mass is 338 g/mol. The molecule has 0 saturated heterocycles. The normalized spacial score (nSPS) is 11.5. The van der Waals surface area contributed by atoms with Crippen LogP contribution >= 0.6 is 11.6 Å². The molecule has 2 heterocycles. The zero-order valence-corrected chi connectivity index (χ0v) is 14.1. The molecular weight excluding hydrogens is 324 g/mol. The number of hydrogen-bond acceptors (Lipinski definition) is 3.